The van der Waals surface area contributed by atoms with E-state index in [0.717, 1.165) is 11.3 Å². The molecule has 19 heavy (non-hydrogen) atoms. The number of rotatable bonds is 5. The van der Waals surface area contributed by atoms with Gasteiger partial charge in [0.25, 0.3) is 0 Å². The Morgan fingerprint density at radius 3 is 2.53 bits per heavy atom. The fourth-order valence-corrected chi connectivity index (χ4v) is 2.12. The van der Waals surface area contributed by atoms with Crippen LogP contribution in [0.4, 0.5) is 5.82 Å². The fraction of sp³-hybridized carbons (Fsp3) is 0.250. The summed E-state index contributed by atoms with van der Waals surface area (Å²) in [5.41, 5.74) is 12.3. The summed E-state index contributed by atoms with van der Waals surface area (Å²) in [4.78, 5) is 0. The van der Waals surface area contributed by atoms with Crippen molar-refractivity contribution >= 4 is 21.7 Å². The van der Waals surface area contributed by atoms with E-state index in [-0.39, 0.29) is 6.67 Å². The molecular formula is C12H15BrN4O2. The SMILES string of the molecule is COc1ccc(COc2c(N)nn(CN)c2Br)cc1. The highest BCUT2D eigenvalue weighted by atomic mass is 79.9. The lowest BCUT2D eigenvalue weighted by Gasteiger charge is -2.06. The number of nitrogens with two attached hydrogens (primary N) is 2. The van der Waals surface area contributed by atoms with Crippen LogP contribution in [0.5, 0.6) is 11.5 Å². The molecule has 0 aliphatic heterocycles. The van der Waals surface area contributed by atoms with Gasteiger partial charge in [-0.15, -0.1) is 5.10 Å². The lowest BCUT2D eigenvalue weighted by Crippen LogP contribution is -2.09. The summed E-state index contributed by atoms with van der Waals surface area (Å²) < 4.78 is 12.9. The van der Waals surface area contributed by atoms with Gasteiger partial charge in [0.05, 0.1) is 13.8 Å². The van der Waals surface area contributed by atoms with E-state index in [1.165, 1.54) is 4.68 Å². The van der Waals surface area contributed by atoms with Crippen LogP contribution in [0.3, 0.4) is 0 Å². The molecule has 1 aromatic carbocycles. The van der Waals surface area contributed by atoms with Gasteiger partial charge in [-0.3, -0.25) is 0 Å². The number of hydrogen-bond donors (Lipinski definition) is 2. The Labute approximate surface area is 119 Å². The number of nitrogen functional groups attached to an aromatic ring is 1. The quantitative estimate of drug-likeness (QED) is 0.873. The molecule has 0 aliphatic rings. The number of halogens is 1. The van der Waals surface area contributed by atoms with E-state index < -0.39 is 0 Å². The van der Waals surface area contributed by atoms with E-state index in [1.807, 2.05) is 24.3 Å². The highest BCUT2D eigenvalue weighted by Crippen LogP contribution is 2.31. The van der Waals surface area contributed by atoms with E-state index in [2.05, 4.69) is 21.0 Å². The minimum atomic E-state index is 0.233. The number of anilines is 1. The molecule has 102 valence electrons. The first-order valence-electron chi connectivity index (χ1n) is 5.63. The van der Waals surface area contributed by atoms with E-state index >= 15 is 0 Å². The summed E-state index contributed by atoms with van der Waals surface area (Å²) >= 11 is 3.35. The normalized spacial score (nSPS) is 10.5. The van der Waals surface area contributed by atoms with Gasteiger partial charge in [-0.05, 0) is 33.6 Å². The molecule has 0 saturated heterocycles. The van der Waals surface area contributed by atoms with Gasteiger partial charge in [0.15, 0.2) is 11.6 Å². The van der Waals surface area contributed by atoms with Crippen molar-refractivity contribution in [1.82, 2.24) is 9.78 Å². The summed E-state index contributed by atoms with van der Waals surface area (Å²) in [5.74, 6) is 1.62. The predicted octanol–water partition coefficient (Wildman–Crippen LogP) is 1.73. The van der Waals surface area contributed by atoms with Crippen LogP contribution in [0, 0.1) is 0 Å². The lowest BCUT2D eigenvalue weighted by atomic mass is 10.2. The second-order valence-corrected chi connectivity index (χ2v) is 4.58. The molecule has 0 bridgehead atoms. The van der Waals surface area contributed by atoms with Crippen molar-refractivity contribution in [3.05, 3.63) is 34.4 Å². The molecule has 0 unspecified atom stereocenters. The van der Waals surface area contributed by atoms with Crippen molar-refractivity contribution < 1.29 is 9.47 Å². The number of ether oxygens (including phenoxy) is 2. The minimum absolute atomic E-state index is 0.233. The Morgan fingerprint density at radius 1 is 1.32 bits per heavy atom. The van der Waals surface area contributed by atoms with Crippen LogP contribution in [-0.2, 0) is 13.3 Å². The molecule has 0 aliphatic carbocycles. The van der Waals surface area contributed by atoms with Crippen LogP contribution >= 0.6 is 15.9 Å². The lowest BCUT2D eigenvalue weighted by molar-refractivity contribution is 0.304. The third kappa shape index (κ3) is 2.99. The highest BCUT2D eigenvalue weighted by molar-refractivity contribution is 9.10. The van der Waals surface area contributed by atoms with Gasteiger partial charge in [0, 0.05) is 0 Å². The standard InChI is InChI=1S/C12H15BrN4O2/c1-18-9-4-2-8(3-5-9)6-19-10-11(13)17(7-14)16-12(10)15/h2-5H,6-7,14H2,1H3,(H2,15,16). The van der Waals surface area contributed by atoms with Gasteiger partial charge >= 0.3 is 0 Å². The molecule has 0 saturated carbocycles. The Hall–Kier alpha value is -1.73. The topological polar surface area (TPSA) is 88.3 Å². The Bertz CT molecular complexity index is 554. The first-order chi connectivity index (χ1) is 9.15. The van der Waals surface area contributed by atoms with E-state index in [0.29, 0.717) is 22.8 Å². The summed E-state index contributed by atoms with van der Waals surface area (Å²) in [6, 6.07) is 7.60. The van der Waals surface area contributed by atoms with Crippen molar-refractivity contribution in [3.8, 4) is 11.5 Å². The Balaban J connectivity index is 2.07. The van der Waals surface area contributed by atoms with Crippen molar-refractivity contribution in [2.45, 2.75) is 13.3 Å². The van der Waals surface area contributed by atoms with Crippen LogP contribution < -0.4 is 20.9 Å². The van der Waals surface area contributed by atoms with E-state index in [9.17, 15) is 0 Å². The second kappa shape index (κ2) is 5.94. The number of benzene rings is 1. The van der Waals surface area contributed by atoms with Gasteiger partial charge in [-0.1, -0.05) is 12.1 Å². The third-order valence-corrected chi connectivity index (χ3v) is 3.36. The molecule has 1 aromatic heterocycles. The molecule has 0 spiro atoms. The molecule has 2 rings (SSSR count). The smallest absolute Gasteiger partial charge is 0.196 e. The summed E-state index contributed by atoms with van der Waals surface area (Å²) in [6.07, 6.45) is 0. The highest BCUT2D eigenvalue weighted by Gasteiger charge is 2.14. The summed E-state index contributed by atoms with van der Waals surface area (Å²) in [5, 5.41) is 4.05. The molecule has 1 heterocycles. The Morgan fingerprint density at radius 2 is 2.00 bits per heavy atom. The van der Waals surface area contributed by atoms with Gasteiger partial charge in [0.2, 0.25) is 0 Å². The second-order valence-electron chi connectivity index (χ2n) is 3.82. The number of methoxy groups -OCH3 is 1. The van der Waals surface area contributed by atoms with E-state index in [4.69, 9.17) is 20.9 Å². The van der Waals surface area contributed by atoms with Gasteiger partial charge in [0.1, 0.15) is 17.0 Å². The molecule has 0 radical (unpaired) electrons. The summed E-state index contributed by atoms with van der Waals surface area (Å²) in [7, 11) is 1.63. The first kappa shape index (κ1) is 13.7. The average Bonchev–Trinajstić information content (AvgIpc) is 2.72. The molecule has 4 N–H and O–H groups in total. The molecule has 7 heteroatoms. The summed E-state index contributed by atoms with van der Waals surface area (Å²) in [6.45, 7) is 0.625. The number of aromatic nitrogens is 2. The van der Waals surface area contributed by atoms with Crippen molar-refractivity contribution in [2.24, 2.45) is 5.73 Å². The number of nitrogens with zero attached hydrogens (tertiary/aromatic N) is 2. The van der Waals surface area contributed by atoms with Crippen LogP contribution in [0.15, 0.2) is 28.9 Å². The third-order valence-electron chi connectivity index (χ3n) is 2.59. The van der Waals surface area contributed by atoms with Crippen LogP contribution in [0.1, 0.15) is 5.56 Å². The largest absolute Gasteiger partial charge is 0.497 e. The predicted molar refractivity (Wildman–Crippen MR) is 75.9 cm³/mol. The molecule has 0 fully saturated rings. The van der Waals surface area contributed by atoms with Gasteiger partial charge < -0.3 is 20.9 Å². The zero-order valence-corrected chi connectivity index (χ0v) is 12.1. The van der Waals surface area contributed by atoms with Gasteiger partial charge in [-0.2, -0.15) is 0 Å². The molecule has 0 amide bonds. The molecule has 6 nitrogen and oxygen atoms in total. The molecule has 0 atom stereocenters. The van der Waals surface area contributed by atoms with Crippen molar-refractivity contribution in [2.75, 3.05) is 12.8 Å². The van der Waals surface area contributed by atoms with Crippen LogP contribution in [-0.4, -0.2) is 16.9 Å². The van der Waals surface area contributed by atoms with Crippen molar-refractivity contribution in [1.29, 1.82) is 0 Å². The molecular weight excluding hydrogens is 312 g/mol. The first-order valence-corrected chi connectivity index (χ1v) is 6.42. The van der Waals surface area contributed by atoms with E-state index in [1.54, 1.807) is 7.11 Å². The maximum absolute atomic E-state index is 5.77. The fourth-order valence-electron chi connectivity index (χ4n) is 1.57. The maximum atomic E-state index is 5.77. The maximum Gasteiger partial charge on any atom is 0.196 e. The van der Waals surface area contributed by atoms with Crippen LogP contribution in [0.2, 0.25) is 0 Å². The number of hydrogen-bond acceptors (Lipinski definition) is 5. The van der Waals surface area contributed by atoms with Gasteiger partial charge in [-0.25, -0.2) is 4.68 Å². The molecule has 2 aromatic rings. The van der Waals surface area contributed by atoms with Crippen LogP contribution in [0.25, 0.3) is 0 Å². The monoisotopic (exact) mass is 326 g/mol. The average molecular weight is 327 g/mol. The van der Waals surface area contributed by atoms with Crippen molar-refractivity contribution in [3.63, 3.8) is 0 Å². The zero-order valence-electron chi connectivity index (χ0n) is 10.5. The minimum Gasteiger partial charge on any atom is -0.497 e. The zero-order chi connectivity index (χ0) is 13.8. The Kier molecular flexibility index (Phi) is 4.28.